The van der Waals surface area contributed by atoms with E-state index >= 15 is 0 Å². The lowest BCUT2D eigenvalue weighted by molar-refractivity contribution is -0.384. The number of nitro groups is 1. The molecule has 1 aromatic carbocycles. The second-order valence-corrected chi connectivity index (χ2v) is 5.04. The average Bonchev–Trinajstić information content (AvgIpc) is 2.28. The van der Waals surface area contributed by atoms with Crippen LogP contribution in [0.25, 0.3) is 0 Å². The smallest absolute Gasteiger partial charge is 0.305 e. The number of carboxylic acid groups (broad SMARTS) is 1. The summed E-state index contributed by atoms with van der Waals surface area (Å²) < 4.78 is 0.717. The first-order chi connectivity index (χ1) is 8.86. The van der Waals surface area contributed by atoms with Crippen molar-refractivity contribution in [1.82, 2.24) is 0 Å². The van der Waals surface area contributed by atoms with E-state index in [1.165, 1.54) is 6.07 Å². The number of hydrogen-bond acceptors (Lipinski definition) is 4. The van der Waals surface area contributed by atoms with E-state index < -0.39 is 10.9 Å². The van der Waals surface area contributed by atoms with Gasteiger partial charge in [-0.3, -0.25) is 14.9 Å². The van der Waals surface area contributed by atoms with Crippen LogP contribution in [-0.4, -0.2) is 28.6 Å². The molecule has 0 saturated carbocycles. The van der Waals surface area contributed by atoms with Gasteiger partial charge in [0.25, 0.3) is 5.69 Å². The second kappa shape index (κ2) is 6.51. The number of halogens is 1. The largest absolute Gasteiger partial charge is 0.481 e. The standard InChI is InChI=1S/C12H15BrN2O4/c1-3-14(8(2)6-12(16)17)11-7-9(13)4-5-10(11)15(18)19/h4-5,7-8H,3,6H2,1-2H3,(H,16,17). The van der Waals surface area contributed by atoms with Crippen molar-refractivity contribution >= 4 is 33.3 Å². The van der Waals surface area contributed by atoms with Crippen LogP contribution in [0.1, 0.15) is 20.3 Å². The molecule has 0 fully saturated rings. The summed E-state index contributed by atoms with van der Waals surface area (Å²) in [6.45, 7) is 4.07. The fourth-order valence-electron chi connectivity index (χ4n) is 1.96. The Morgan fingerprint density at radius 3 is 2.68 bits per heavy atom. The van der Waals surface area contributed by atoms with Gasteiger partial charge in [0, 0.05) is 23.1 Å². The number of carboxylic acids is 1. The van der Waals surface area contributed by atoms with Crippen molar-refractivity contribution in [3.05, 3.63) is 32.8 Å². The van der Waals surface area contributed by atoms with E-state index in [0.29, 0.717) is 16.7 Å². The average molecular weight is 331 g/mol. The Hall–Kier alpha value is -1.63. The molecule has 0 saturated heterocycles. The molecule has 7 heteroatoms. The van der Waals surface area contributed by atoms with Crippen molar-refractivity contribution in [2.24, 2.45) is 0 Å². The summed E-state index contributed by atoms with van der Waals surface area (Å²) in [4.78, 5) is 23.1. The highest BCUT2D eigenvalue weighted by Crippen LogP contribution is 2.32. The lowest BCUT2D eigenvalue weighted by Gasteiger charge is -2.28. The fraction of sp³-hybridized carbons (Fsp3) is 0.417. The molecule has 0 bridgehead atoms. The Labute approximate surface area is 119 Å². The van der Waals surface area contributed by atoms with Crippen molar-refractivity contribution in [3.63, 3.8) is 0 Å². The molecule has 0 aliphatic carbocycles. The van der Waals surface area contributed by atoms with E-state index in [1.807, 2.05) is 6.92 Å². The van der Waals surface area contributed by atoms with Crippen LogP contribution in [0.2, 0.25) is 0 Å². The van der Waals surface area contributed by atoms with Gasteiger partial charge in [0.15, 0.2) is 0 Å². The molecule has 0 aliphatic heterocycles. The van der Waals surface area contributed by atoms with Crippen LogP contribution in [0.15, 0.2) is 22.7 Å². The molecule has 104 valence electrons. The zero-order valence-corrected chi connectivity index (χ0v) is 12.3. The van der Waals surface area contributed by atoms with E-state index in [-0.39, 0.29) is 18.2 Å². The lowest BCUT2D eigenvalue weighted by atomic mass is 10.1. The van der Waals surface area contributed by atoms with E-state index in [9.17, 15) is 14.9 Å². The van der Waals surface area contributed by atoms with Crippen LogP contribution in [-0.2, 0) is 4.79 Å². The van der Waals surface area contributed by atoms with Crippen molar-refractivity contribution in [3.8, 4) is 0 Å². The quantitative estimate of drug-likeness (QED) is 0.640. The van der Waals surface area contributed by atoms with Gasteiger partial charge in [-0.2, -0.15) is 0 Å². The minimum Gasteiger partial charge on any atom is -0.481 e. The highest BCUT2D eigenvalue weighted by Gasteiger charge is 2.23. The van der Waals surface area contributed by atoms with Gasteiger partial charge in [0.05, 0.1) is 11.3 Å². The van der Waals surface area contributed by atoms with Crippen molar-refractivity contribution in [1.29, 1.82) is 0 Å². The Kier molecular flexibility index (Phi) is 5.29. The molecule has 1 atom stereocenters. The summed E-state index contributed by atoms with van der Waals surface area (Å²) in [7, 11) is 0. The van der Waals surface area contributed by atoms with Crippen LogP contribution in [0.3, 0.4) is 0 Å². The third-order valence-electron chi connectivity index (χ3n) is 2.79. The van der Waals surface area contributed by atoms with Crippen molar-refractivity contribution in [2.45, 2.75) is 26.3 Å². The van der Waals surface area contributed by atoms with Crippen LogP contribution in [0, 0.1) is 10.1 Å². The number of hydrogen-bond donors (Lipinski definition) is 1. The van der Waals surface area contributed by atoms with Crippen LogP contribution < -0.4 is 4.90 Å². The maximum atomic E-state index is 11.0. The number of rotatable bonds is 6. The van der Waals surface area contributed by atoms with E-state index in [1.54, 1.807) is 24.0 Å². The molecule has 19 heavy (non-hydrogen) atoms. The third-order valence-corrected chi connectivity index (χ3v) is 3.28. The second-order valence-electron chi connectivity index (χ2n) is 4.12. The summed E-state index contributed by atoms with van der Waals surface area (Å²) in [5.41, 5.74) is 0.401. The molecule has 0 aliphatic rings. The number of benzene rings is 1. The monoisotopic (exact) mass is 330 g/mol. The molecule has 1 N–H and O–H groups in total. The number of nitro benzene ring substituents is 1. The predicted molar refractivity (Wildman–Crippen MR) is 75.5 cm³/mol. The minimum atomic E-state index is -0.927. The summed E-state index contributed by atoms with van der Waals surface area (Å²) in [6.07, 6.45) is -0.0719. The lowest BCUT2D eigenvalue weighted by Crippen LogP contribution is -2.35. The van der Waals surface area contributed by atoms with E-state index in [4.69, 9.17) is 5.11 Å². The van der Waals surface area contributed by atoms with E-state index in [0.717, 1.165) is 0 Å². The first-order valence-corrected chi connectivity index (χ1v) is 6.58. The molecule has 0 radical (unpaired) electrons. The first kappa shape index (κ1) is 15.4. The maximum absolute atomic E-state index is 11.0. The zero-order valence-electron chi connectivity index (χ0n) is 10.7. The molecule has 0 heterocycles. The summed E-state index contributed by atoms with van der Waals surface area (Å²) in [5.74, 6) is -0.927. The van der Waals surface area contributed by atoms with Crippen molar-refractivity contribution in [2.75, 3.05) is 11.4 Å². The van der Waals surface area contributed by atoms with Gasteiger partial charge in [-0.05, 0) is 26.0 Å². The van der Waals surface area contributed by atoms with Gasteiger partial charge in [0.1, 0.15) is 5.69 Å². The zero-order chi connectivity index (χ0) is 14.6. The Morgan fingerprint density at radius 1 is 1.58 bits per heavy atom. The number of anilines is 1. The summed E-state index contributed by atoms with van der Waals surface area (Å²) in [5, 5.41) is 19.9. The molecular weight excluding hydrogens is 316 g/mol. The van der Waals surface area contributed by atoms with Crippen molar-refractivity contribution < 1.29 is 14.8 Å². The third kappa shape index (κ3) is 3.92. The molecule has 6 nitrogen and oxygen atoms in total. The van der Waals surface area contributed by atoms with Crippen LogP contribution in [0.5, 0.6) is 0 Å². The van der Waals surface area contributed by atoms with Gasteiger partial charge in [-0.15, -0.1) is 0 Å². The van der Waals surface area contributed by atoms with Gasteiger partial charge in [-0.1, -0.05) is 15.9 Å². The highest BCUT2D eigenvalue weighted by molar-refractivity contribution is 9.10. The van der Waals surface area contributed by atoms with Gasteiger partial charge < -0.3 is 10.0 Å². The normalized spacial score (nSPS) is 11.9. The Morgan fingerprint density at radius 2 is 2.21 bits per heavy atom. The van der Waals surface area contributed by atoms with Gasteiger partial charge >= 0.3 is 5.97 Å². The number of nitrogens with zero attached hydrogens (tertiary/aromatic N) is 2. The fourth-order valence-corrected chi connectivity index (χ4v) is 2.31. The first-order valence-electron chi connectivity index (χ1n) is 5.79. The summed E-state index contributed by atoms with van der Waals surface area (Å²) >= 11 is 3.28. The molecule has 1 rings (SSSR count). The maximum Gasteiger partial charge on any atom is 0.305 e. The van der Waals surface area contributed by atoms with Gasteiger partial charge in [-0.25, -0.2) is 0 Å². The molecular formula is C12H15BrN2O4. The topological polar surface area (TPSA) is 83.7 Å². The predicted octanol–water partition coefficient (Wildman–Crippen LogP) is 3.05. The van der Waals surface area contributed by atoms with E-state index in [2.05, 4.69) is 15.9 Å². The summed E-state index contributed by atoms with van der Waals surface area (Å²) in [6, 6.07) is 4.32. The number of aliphatic carboxylic acids is 1. The van der Waals surface area contributed by atoms with Gasteiger partial charge in [0.2, 0.25) is 0 Å². The minimum absolute atomic E-state index is 0.0257. The SMILES string of the molecule is CCN(c1cc(Br)ccc1[N+](=O)[O-])C(C)CC(=O)O. The molecule has 0 spiro atoms. The number of carbonyl (C=O) groups is 1. The molecule has 1 aromatic rings. The Bertz CT molecular complexity index is 493. The van der Waals surface area contributed by atoms with Crippen LogP contribution in [0.4, 0.5) is 11.4 Å². The highest BCUT2D eigenvalue weighted by atomic mass is 79.9. The molecule has 0 aromatic heterocycles. The van der Waals surface area contributed by atoms with Crippen LogP contribution >= 0.6 is 15.9 Å². The molecule has 1 unspecified atom stereocenters. The molecule has 0 amide bonds. The Balaban J connectivity index is 3.19.